The Kier molecular flexibility index (Phi) is 4.56. The molecule has 2 aromatic rings. The van der Waals surface area contributed by atoms with Crippen LogP contribution in [0.25, 0.3) is 6.08 Å². The molecule has 4 rings (SSSR count). The van der Waals surface area contributed by atoms with Crippen LogP contribution in [0, 0.1) is 0 Å². The molecule has 0 radical (unpaired) electrons. The number of hydrogen-bond acceptors (Lipinski definition) is 5. The third-order valence-electron chi connectivity index (χ3n) is 3.83. The Hall–Kier alpha value is -2.15. The Morgan fingerprint density at radius 1 is 1.15 bits per heavy atom. The molecular weight excluding hydrogens is 395 g/mol. The number of fused-ring (bicyclic) bond motifs is 1. The van der Waals surface area contributed by atoms with Gasteiger partial charge in [-0.2, -0.15) is 0 Å². The summed E-state index contributed by atoms with van der Waals surface area (Å²) in [5.41, 5.74) is 1.41. The van der Waals surface area contributed by atoms with Gasteiger partial charge in [-0.25, -0.2) is 4.99 Å². The van der Waals surface area contributed by atoms with Gasteiger partial charge in [0.1, 0.15) is 0 Å². The summed E-state index contributed by atoms with van der Waals surface area (Å²) in [6.45, 7) is 0.167. The van der Waals surface area contributed by atoms with Crippen LogP contribution in [0.15, 0.2) is 46.3 Å². The Morgan fingerprint density at radius 3 is 2.58 bits per heavy atom. The highest BCUT2D eigenvalue weighted by atomic mass is 35.5. The van der Waals surface area contributed by atoms with Crippen molar-refractivity contribution in [2.75, 3.05) is 13.8 Å². The number of thioether (sulfide) groups is 1. The second-order valence-corrected chi connectivity index (χ2v) is 7.43. The lowest BCUT2D eigenvalue weighted by Gasteiger charge is -2.07. The molecule has 2 heterocycles. The van der Waals surface area contributed by atoms with Crippen molar-refractivity contribution in [1.82, 2.24) is 4.90 Å². The molecule has 1 saturated heterocycles. The van der Waals surface area contributed by atoms with Gasteiger partial charge in [-0.05, 0) is 53.7 Å². The molecule has 0 atom stereocenters. The van der Waals surface area contributed by atoms with Crippen LogP contribution in [-0.4, -0.2) is 29.8 Å². The number of benzene rings is 2. The number of ether oxygens (including phenoxy) is 2. The van der Waals surface area contributed by atoms with Gasteiger partial charge < -0.3 is 9.47 Å². The van der Waals surface area contributed by atoms with E-state index in [4.69, 9.17) is 32.7 Å². The number of hydrogen-bond donors (Lipinski definition) is 0. The van der Waals surface area contributed by atoms with Crippen LogP contribution in [0.3, 0.4) is 0 Å². The molecule has 1 fully saturated rings. The van der Waals surface area contributed by atoms with Gasteiger partial charge in [-0.1, -0.05) is 23.2 Å². The van der Waals surface area contributed by atoms with E-state index in [0.29, 0.717) is 37.2 Å². The Balaban J connectivity index is 1.65. The van der Waals surface area contributed by atoms with E-state index in [-0.39, 0.29) is 12.7 Å². The Morgan fingerprint density at radius 2 is 1.85 bits per heavy atom. The van der Waals surface area contributed by atoms with Crippen molar-refractivity contribution in [2.45, 2.75) is 0 Å². The van der Waals surface area contributed by atoms with Gasteiger partial charge in [-0.15, -0.1) is 0 Å². The highest BCUT2D eigenvalue weighted by molar-refractivity contribution is 8.18. The summed E-state index contributed by atoms with van der Waals surface area (Å²) in [6, 6.07) is 10.6. The van der Waals surface area contributed by atoms with Gasteiger partial charge in [0.25, 0.3) is 5.91 Å². The van der Waals surface area contributed by atoms with Crippen LogP contribution in [0.4, 0.5) is 5.69 Å². The smallest absolute Gasteiger partial charge is 0.266 e. The van der Waals surface area contributed by atoms with Gasteiger partial charge >= 0.3 is 0 Å². The molecule has 132 valence electrons. The third kappa shape index (κ3) is 3.28. The minimum Gasteiger partial charge on any atom is -0.454 e. The first kappa shape index (κ1) is 17.3. The summed E-state index contributed by atoms with van der Waals surface area (Å²) in [4.78, 5) is 19.1. The topological polar surface area (TPSA) is 51.1 Å². The number of rotatable bonds is 2. The second-order valence-electron chi connectivity index (χ2n) is 5.57. The van der Waals surface area contributed by atoms with Crippen LogP contribution in [0.5, 0.6) is 11.5 Å². The fourth-order valence-electron chi connectivity index (χ4n) is 2.46. The summed E-state index contributed by atoms with van der Waals surface area (Å²) < 4.78 is 10.7. The predicted octanol–water partition coefficient (Wildman–Crippen LogP) is 4.96. The zero-order valence-corrected chi connectivity index (χ0v) is 15.9. The second kappa shape index (κ2) is 6.87. The summed E-state index contributed by atoms with van der Waals surface area (Å²) in [5.74, 6) is 1.07. The van der Waals surface area contributed by atoms with Crippen molar-refractivity contribution in [1.29, 1.82) is 0 Å². The Bertz CT molecular complexity index is 958. The van der Waals surface area contributed by atoms with Crippen molar-refractivity contribution in [3.8, 4) is 11.5 Å². The van der Waals surface area contributed by atoms with Crippen molar-refractivity contribution in [3.05, 3.63) is 56.9 Å². The predicted molar refractivity (Wildman–Crippen MR) is 104 cm³/mol. The molecular formula is C18H12Cl2N2O3S. The van der Waals surface area contributed by atoms with Crippen molar-refractivity contribution in [2.24, 2.45) is 4.99 Å². The average molecular weight is 407 g/mol. The molecule has 2 aliphatic heterocycles. The molecule has 0 N–H and O–H groups in total. The molecule has 0 unspecified atom stereocenters. The lowest BCUT2D eigenvalue weighted by molar-refractivity contribution is -0.121. The lowest BCUT2D eigenvalue weighted by Crippen LogP contribution is -2.23. The molecule has 5 nitrogen and oxygen atoms in total. The molecule has 0 saturated carbocycles. The maximum Gasteiger partial charge on any atom is 0.266 e. The van der Waals surface area contributed by atoms with E-state index in [1.54, 1.807) is 49.5 Å². The summed E-state index contributed by atoms with van der Waals surface area (Å²) >= 11 is 13.5. The molecule has 0 aromatic heterocycles. The van der Waals surface area contributed by atoms with Crippen LogP contribution in [0.1, 0.15) is 5.56 Å². The number of carbonyl (C=O) groups is 1. The van der Waals surface area contributed by atoms with Gasteiger partial charge in [0.05, 0.1) is 15.6 Å². The van der Waals surface area contributed by atoms with E-state index in [1.807, 2.05) is 0 Å². The lowest BCUT2D eigenvalue weighted by atomic mass is 10.2. The van der Waals surface area contributed by atoms with Gasteiger partial charge in [0.2, 0.25) is 6.79 Å². The number of carbonyl (C=O) groups excluding carboxylic acids is 1. The summed E-state index contributed by atoms with van der Waals surface area (Å²) in [5, 5.41) is 1.71. The van der Waals surface area contributed by atoms with Gasteiger partial charge in [-0.3, -0.25) is 9.69 Å². The number of amidine groups is 1. The Labute approximate surface area is 164 Å². The molecule has 1 amide bonds. The maximum absolute atomic E-state index is 12.5. The maximum atomic E-state index is 12.5. The van der Waals surface area contributed by atoms with Crippen molar-refractivity contribution < 1.29 is 14.3 Å². The molecule has 2 aromatic carbocycles. The zero-order valence-electron chi connectivity index (χ0n) is 13.5. The van der Waals surface area contributed by atoms with Crippen molar-refractivity contribution >= 4 is 57.8 Å². The molecule has 0 aliphatic carbocycles. The van der Waals surface area contributed by atoms with Gasteiger partial charge in [0, 0.05) is 18.1 Å². The minimum atomic E-state index is -0.142. The number of likely N-dealkylation sites (N-methyl/N-ethyl adjacent to an activating group) is 1. The molecule has 8 heteroatoms. The van der Waals surface area contributed by atoms with E-state index in [0.717, 1.165) is 5.69 Å². The van der Waals surface area contributed by atoms with E-state index in [9.17, 15) is 4.79 Å². The normalized spacial score (nSPS) is 19.0. The van der Waals surface area contributed by atoms with E-state index < -0.39 is 0 Å². The number of halogens is 2. The number of aliphatic imine (C=N–C) groups is 1. The summed E-state index contributed by atoms with van der Waals surface area (Å²) in [6.07, 6.45) is 1.73. The zero-order chi connectivity index (χ0) is 18.3. The molecule has 0 bridgehead atoms. The third-order valence-corrected chi connectivity index (χ3v) is 5.47. The minimum absolute atomic E-state index is 0.142. The highest BCUT2D eigenvalue weighted by Crippen LogP contribution is 2.40. The van der Waals surface area contributed by atoms with Crippen molar-refractivity contribution in [3.63, 3.8) is 0 Å². The average Bonchev–Trinajstić information content (AvgIpc) is 3.17. The van der Waals surface area contributed by atoms with E-state index >= 15 is 0 Å². The first-order chi connectivity index (χ1) is 12.5. The molecule has 2 aliphatic rings. The number of amides is 1. The highest BCUT2D eigenvalue weighted by Gasteiger charge is 2.30. The fourth-order valence-corrected chi connectivity index (χ4v) is 3.77. The van der Waals surface area contributed by atoms with E-state index in [1.165, 1.54) is 16.7 Å². The first-order valence-electron chi connectivity index (χ1n) is 7.62. The van der Waals surface area contributed by atoms with Crippen LogP contribution in [-0.2, 0) is 4.79 Å². The largest absolute Gasteiger partial charge is 0.454 e. The van der Waals surface area contributed by atoms with E-state index in [2.05, 4.69) is 4.99 Å². The summed E-state index contributed by atoms with van der Waals surface area (Å²) in [7, 11) is 1.69. The van der Waals surface area contributed by atoms with Crippen LogP contribution >= 0.6 is 35.0 Å². The first-order valence-corrected chi connectivity index (χ1v) is 9.19. The fraction of sp³-hybridized carbons (Fsp3) is 0.111. The number of nitrogens with zero attached hydrogens (tertiary/aromatic N) is 2. The molecule has 0 spiro atoms. The quantitative estimate of drug-likeness (QED) is 0.661. The SMILES string of the molecule is CN1C(=O)/C(=C/c2cc3c(cc2Cl)OCO3)SC1=Nc1ccc(Cl)cc1. The van der Waals surface area contributed by atoms with Gasteiger partial charge in [0.15, 0.2) is 16.7 Å². The van der Waals surface area contributed by atoms with Crippen LogP contribution < -0.4 is 9.47 Å². The standard InChI is InChI=1S/C18H12Cl2N2O3S/c1-22-17(23)16(26-18(22)21-12-4-2-11(19)3-5-12)7-10-6-14-15(8-13(10)20)25-9-24-14/h2-8H,9H2,1H3/b16-7-,21-18?. The molecule has 26 heavy (non-hydrogen) atoms. The monoisotopic (exact) mass is 406 g/mol. The van der Waals surface area contributed by atoms with Crippen LogP contribution in [0.2, 0.25) is 10.0 Å².